The molecular weight excluding hydrogens is 550 g/mol. The molecule has 0 spiro atoms. The largest absolute Gasteiger partial charge is 0.497 e. The Labute approximate surface area is 249 Å². The average molecular weight is 594 g/mol. The molecule has 0 saturated heterocycles. The number of benzene rings is 2. The topological polar surface area (TPSA) is 119 Å². The highest BCUT2D eigenvalue weighted by atomic mass is 28.4. The lowest BCUT2D eigenvalue weighted by Crippen LogP contribution is -2.42. The van der Waals surface area contributed by atoms with Crippen LogP contribution in [0.5, 0.6) is 11.5 Å². The predicted molar refractivity (Wildman–Crippen MR) is 171 cm³/mol. The number of hydrogen-bond donors (Lipinski definition) is 2. The second-order valence-corrected chi connectivity index (χ2v) is 16.0. The van der Waals surface area contributed by atoms with E-state index in [0.717, 1.165) is 11.4 Å². The van der Waals surface area contributed by atoms with Gasteiger partial charge in [-0.1, -0.05) is 20.8 Å². The van der Waals surface area contributed by atoms with Crippen LogP contribution in [-0.4, -0.2) is 71.0 Å². The number of methoxy groups -OCH3 is 2. The van der Waals surface area contributed by atoms with Crippen LogP contribution in [-0.2, 0) is 14.0 Å². The summed E-state index contributed by atoms with van der Waals surface area (Å²) in [5.74, 6) is 0.983. The fraction of sp³-hybridized carbons (Fsp3) is 0.419. The number of esters is 1. The summed E-state index contributed by atoms with van der Waals surface area (Å²) in [7, 11) is 1.30. The van der Waals surface area contributed by atoms with Crippen molar-refractivity contribution in [2.24, 2.45) is 0 Å². The SMILES string of the molecule is CCOC(=O)CN/C=C(\C=N)c1cnc2ccc(N(CCO[Si](C)(C)C(C)(C)C)c3cc(OC)cc(OC)c3)cc2n1. The van der Waals surface area contributed by atoms with Crippen LogP contribution < -0.4 is 19.7 Å². The van der Waals surface area contributed by atoms with Crippen molar-refractivity contribution in [3.63, 3.8) is 0 Å². The minimum atomic E-state index is -1.96. The molecule has 0 saturated carbocycles. The van der Waals surface area contributed by atoms with Crippen molar-refractivity contribution in [3.8, 4) is 11.5 Å². The van der Waals surface area contributed by atoms with Crippen LogP contribution in [0.3, 0.4) is 0 Å². The number of ether oxygens (including phenoxy) is 3. The Morgan fingerprint density at radius 1 is 1.05 bits per heavy atom. The molecule has 0 bridgehead atoms. The van der Waals surface area contributed by atoms with E-state index in [1.807, 2.05) is 36.4 Å². The second-order valence-electron chi connectivity index (χ2n) is 11.2. The Kier molecular flexibility index (Phi) is 11.1. The maximum atomic E-state index is 11.7. The molecule has 0 radical (unpaired) electrons. The molecule has 2 aromatic carbocycles. The number of nitrogens with one attached hydrogen (secondary N) is 2. The van der Waals surface area contributed by atoms with Gasteiger partial charge in [0.25, 0.3) is 0 Å². The van der Waals surface area contributed by atoms with Crippen LogP contribution in [0.25, 0.3) is 16.6 Å². The average Bonchev–Trinajstić information content (AvgIpc) is 2.96. The maximum Gasteiger partial charge on any atom is 0.325 e. The molecule has 11 heteroatoms. The molecule has 0 unspecified atom stereocenters. The number of rotatable bonds is 14. The van der Waals surface area contributed by atoms with Crippen LogP contribution in [0.4, 0.5) is 11.4 Å². The van der Waals surface area contributed by atoms with E-state index < -0.39 is 8.32 Å². The summed E-state index contributed by atoms with van der Waals surface area (Å²) in [5, 5.41) is 10.9. The molecule has 0 aliphatic heterocycles. The number of nitrogens with zero attached hydrogens (tertiary/aromatic N) is 3. The van der Waals surface area contributed by atoms with Gasteiger partial charge in [-0.3, -0.25) is 9.78 Å². The third-order valence-corrected chi connectivity index (χ3v) is 11.9. The van der Waals surface area contributed by atoms with Gasteiger partial charge in [0.15, 0.2) is 8.32 Å². The van der Waals surface area contributed by atoms with Crippen LogP contribution in [0, 0.1) is 5.41 Å². The van der Waals surface area contributed by atoms with Gasteiger partial charge in [0.1, 0.15) is 18.0 Å². The standard InChI is InChI=1S/C31H43N5O5Si/c1-9-40-30(37)21-33-19-22(18-32)29-20-34-27-11-10-23(16-28(27)35-29)36(12-13-41-42(7,8)31(2,3)4)24-14-25(38-5)17-26(15-24)39-6/h10-11,14-20,32-33H,9,12-13,21H2,1-8H3/b22-19+,32-18?. The van der Waals surface area contributed by atoms with E-state index in [2.05, 4.69) is 49.1 Å². The summed E-state index contributed by atoms with van der Waals surface area (Å²) in [6, 6.07) is 11.7. The lowest BCUT2D eigenvalue weighted by atomic mass is 10.2. The molecule has 0 aliphatic carbocycles. The minimum absolute atomic E-state index is 0.00769. The summed E-state index contributed by atoms with van der Waals surface area (Å²) >= 11 is 0. The first kappa shape index (κ1) is 32.6. The smallest absolute Gasteiger partial charge is 0.325 e. The molecule has 0 atom stereocenters. The Balaban J connectivity index is 2.00. The van der Waals surface area contributed by atoms with E-state index in [1.165, 1.54) is 6.21 Å². The number of fused-ring (bicyclic) bond motifs is 1. The lowest BCUT2D eigenvalue weighted by molar-refractivity contribution is -0.141. The lowest BCUT2D eigenvalue weighted by Gasteiger charge is -2.37. The third kappa shape index (κ3) is 8.29. The quantitative estimate of drug-likeness (QED) is 0.133. The number of aromatic nitrogens is 2. The maximum absolute atomic E-state index is 11.7. The number of hydrogen-bond acceptors (Lipinski definition) is 10. The summed E-state index contributed by atoms with van der Waals surface area (Å²) < 4.78 is 22.6. The van der Waals surface area contributed by atoms with Crippen molar-refractivity contribution in [3.05, 3.63) is 54.5 Å². The first-order chi connectivity index (χ1) is 19.9. The Hall–Kier alpha value is -3.96. The molecule has 226 valence electrons. The summed E-state index contributed by atoms with van der Waals surface area (Å²) in [6.07, 6.45) is 4.35. The van der Waals surface area contributed by atoms with E-state index in [-0.39, 0.29) is 17.6 Å². The third-order valence-electron chi connectivity index (χ3n) is 7.33. The molecule has 1 aromatic heterocycles. The molecule has 0 aliphatic rings. The van der Waals surface area contributed by atoms with Gasteiger partial charge in [-0.25, -0.2) is 4.98 Å². The number of allylic oxidation sites excluding steroid dienone is 1. The molecule has 2 N–H and O–H groups in total. The van der Waals surface area contributed by atoms with Crippen molar-refractivity contribution in [1.82, 2.24) is 15.3 Å². The van der Waals surface area contributed by atoms with Gasteiger partial charge in [0, 0.05) is 54.1 Å². The second kappa shape index (κ2) is 14.3. The van der Waals surface area contributed by atoms with Gasteiger partial charge in [0.05, 0.1) is 50.4 Å². The zero-order valence-electron chi connectivity index (χ0n) is 25.9. The van der Waals surface area contributed by atoms with Crippen LogP contribution in [0.15, 0.2) is 48.8 Å². The van der Waals surface area contributed by atoms with Crippen molar-refractivity contribution in [2.45, 2.75) is 45.8 Å². The number of carbonyl (C=O) groups excluding carboxylic acids is 1. The first-order valence-electron chi connectivity index (χ1n) is 13.9. The first-order valence-corrected chi connectivity index (χ1v) is 16.8. The van der Waals surface area contributed by atoms with Gasteiger partial charge >= 0.3 is 5.97 Å². The molecule has 10 nitrogen and oxygen atoms in total. The minimum Gasteiger partial charge on any atom is -0.497 e. The predicted octanol–water partition coefficient (Wildman–Crippen LogP) is 5.95. The van der Waals surface area contributed by atoms with Crippen molar-refractivity contribution in [2.75, 3.05) is 45.4 Å². The fourth-order valence-electron chi connectivity index (χ4n) is 3.92. The van der Waals surface area contributed by atoms with Gasteiger partial charge < -0.3 is 34.3 Å². The summed E-state index contributed by atoms with van der Waals surface area (Å²) in [4.78, 5) is 23.2. The van der Waals surface area contributed by atoms with Gasteiger partial charge in [-0.2, -0.15) is 0 Å². The van der Waals surface area contributed by atoms with E-state index in [9.17, 15) is 4.79 Å². The van der Waals surface area contributed by atoms with Crippen LogP contribution >= 0.6 is 0 Å². The van der Waals surface area contributed by atoms with E-state index in [0.29, 0.717) is 53.6 Å². The molecule has 3 aromatic rings. The summed E-state index contributed by atoms with van der Waals surface area (Å²) in [5.41, 5.74) is 4.14. The molecule has 1 heterocycles. The van der Waals surface area contributed by atoms with E-state index >= 15 is 0 Å². The molecule has 0 fully saturated rings. The van der Waals surface area contributed by atoms with Crippen molar-refractivity contribution in [1.29, 1.82) is 5.41 Å². The number of anilines is 2. The number of carbonyl (C=O) groups is 1. The van der Waals surface area contributed by atoms with Crippen molar-refractivity contribution < 1.29 is 23.4 Å². The zero-order chi connectivity index (χ0) is 30.9. The van der Waals surface area contributed by atoms with E-state index in [1.54, 1.807) is 33.5 Å². The van der Waals surface area contributed by atoms with Crippen LogP contribution in [0.1, 0.15) is 33.4 Å². The molecule has 0 amide bonds. The Morgan fingerprint density at radius 3 is 2.33 bits per heavy atom. The van der Waals surface area contributed by atoms with Gasteiger partial charge in [-0.15, -0.1) is 0 Å². The molecule has 3 rings (SSSR count). The van der Waals surface area contributed by atoms with Gasteiger partial charge in [-0.05, 0) is 43.3 Å². The normalized spacial score (nSPS) is 12.1. The Morgan fingerprint density at radius 2 is 1.74 bits per heavy atom. The molecular formula is C31H43N5O5Si. The summed E-state index contributed by atoms with van der Waals surface area (Å²) in [6.45, 7) is 14.4. The van der Waals surface area contributed by atoms with E-state index in [4.69, 9.17) is 29.0 Å². The monoisotopic (exact) mass is 593 g/mol. The zero-order valence-corrected chi connectivity index (χ0v) is 26.9. The van der Waals surface area contributed by atoms with Crippen molar-refractivity contribution >= 4 is 48.5 Å². The fourth-order valence-corrected chi connectivity index (χ4v) is 4.95. The highest BCUT2D eigenvalue weighted by Gasteiger charge is 2.37. The highest BCUT2D eigenvalue weighted by Crippen LogP contribution is 2.37. The molecule has 42 heavy (non-hydrogen) atoms. The van der Waals surface area contributed by atoms with Gasteiger partial charge in [0.2, 0.25) is 0 Å². The highest BCUT2D eigenvalue weighted by molar-refractivity contribution is 6.74. The Bertz CT molecular complexity index is 1400. The van der Waals surface area contributed by atoms with Crippen LogP contribution in [0.2, 0.25) is 18.1 Å².